The maximum absolute atomic E-state index is 12.0. The Labute approximate surface area is 156 Å². The number of aryl methyl sites for hydroxylation is 1. The molecule has 0 saturated carbocycles. The minimum atomic E-state index is -0.394. The summed E-state index contributed by atoms with van der Waals surface area (Å²) in [5.41, 5.74) is 0.405. The molecule has 0 bridgehead atoms. The number of rotatable bonds is 7. The highest BCUT2D eigenvalue weighted by Gasteiger charge is 2.09. The standard InChI is InChI=1S/C16H15N5O3S2/c22-12(8-9-21-14(24)7-6-13(23)19-21)17-15-18-16(20-26-15)25-10-11-4-2-1-3-5-11/h1-7H,8-10H2,(H,19,23)(H,17,18,20,22). The normalized spacial score (nSPS) is 10.6. The lowest BCUT2D eigenvalue weighted by molar-refractivity contribution is -0.116. The Balaban J connectivity index is 1.50. The Bertz CT molecular complexity index is 997. The van der Waals surface area contributed by atoms with E-state index in [0.29, 0.717) is 10.3 Å². The maximum Gasteiger partial charge on any atom is 0.265 e. The fraction of sp³-hybridized carbons (Fsp3) is 0.188. The molecule has 0 unspecified atom stereocenters. The first-order chi connectivity index (χ1) is 12.6. The Kier molecular flexibility index (Phi) is 5.97. The van der Waals surface area contributed by atoms with E-state index in [4.69, 9.17) is 0 Å². The Morgan fingerprint density at radius 3 is 2.81 bits per heavy atom. The van der Waals surface area contributed by atoms with Crippen LogP contribution in [0.15, 0.2) is 57.2 Å². The lowest BCUT2D eigenvalue weighted by Gasteiger charge is -2.04. The van der Waals surface area contributed by atoms with Crippen molar-refractivity contribution in [2.75, 3.05) is 5.32 Å². The van der Waals surface area contributed by atoms with Gasteiger partial charge in [0.05, 0.1) is 6.54 Å². The predicted octanol–water partition coefficient (Wildman–Crippen LogP) is 1.71. The molecule has 2 N–H and O–H groups in total. The maximum atomic E-state index is 12.0. The molecule has 26 heavy (non-hydrogen) atoms. The third kappa shape index (κ3) is 5.14. The zero-order chi connectivity index (χ0) is 18.4. The molecule has 3 aromatic rings. The average Bonchev–Trinajstić information content (AvgIpc) is 3.09. The van der Waals surface area contributed by atoms with Crippen molar-refractivity contribution in [1.29, 1.82) is 0 Å². The van der Waals surface area contributed by atoms with Gasteiger partial charge >= 0.3 is 0 Å². The monoisotopic (exact) mass is 389 g/mol. The minimum Gasteiger partial charge on any atom is -0.301 e. The van der Waals surface area contributed by atoms with Crippen molar-refractivity contribution in [3.63, 3.8) is 0 Å². The van der Waals surface area contributed by atoms with Crippen LogP contribution in [0.4, 0.5) is 5.13 Å². The number of H-pyrrole nitrogens is 1. The number of aromatic nitrogens is 4. The summed E-state index contributed by atoms with van der Waals surface area (Å²) in [6, 6.07) is 12.3. The van der Waals surface area contributed by atoms with Crippen molar-refractivity contribution < 1.29 is 4.79 Å². The average molecular weight is 389 g/mol. The van der Waals surface area contributed by atoms with Gasteiger partial charge in [-0.15, -0.1) is 0 Å². The molecule has 1 amide bonds. The van der Waals surface area contributed by atoms with E-state index >= 15 is 0 Å². The summed E-state index contributed by atoms with van der Waals surface area (Å²) < 4.78 is 5.30. The van der Waals surface area contributed by atoms with Gasteiger partial charge in [-0.3, -0.25) is 19.5 Å². The van der Waals surface area contributed by atoms with Gasteiger partial charge in [0.15, 0.2) is 0 Å². The van der Waals surface area contributed by atoms with Gasteiger partial charge in [0.25, 0.3) is 11.1 Å². The molecular formula is C16H15N5O3S2. The summed E-state index contributed by atoms with van der Waals surface area (Å²) in [4.78, 5) is 39.0. The number of anilines is 1. The second kappa shape index (κ2) is 8.59. The minimum absolute atomic E-state index is 0.0337. The van der Waals surface area contributed by atoms with Gasteiger partial charge in [0.1, 0.15) is 0 Å². The van der Waals surface area contributed by atoms with E-state index in [0.717, 1.165) is 34.1 Å². The molecule has 2 aromatic heterocycles. The van der Waals surface area contributed by atoms with E-state index in [1.165, 1.54) is 17.3 Å². The van der Waals surface area contributed by atoms with Gasteiger partial charge in [0, 0.05) is 35.8 Å². The van der Waals surface area contributed by atoms with Gasteiger partial charge in [-0.25, -0.2) is 4.68 Å². The smallest absolute Gasteiger partial charge is 0.265 e. The lowest BCUT2D eigenvalue weighted by atomic mass is 10.2. The van der Waals surface area contributed by atoms with Crippen LogP contribution in [0.25, 0.3) is 0 Å². The molecule has 0 spiro atoms. The SMILES string of the molecule is O=C(CCn1[nH]c(=O)ccc1=O)Nc1nc(SCc2ccccc2)ns1. The molecule has 0 aliphatic rings. The second-order valence-electron chi connectivity index (χ2n) is 5.25. The van der Waals surface area contributed by atoms with Crippen molar-refractivity contribution in [2.24, 2.45) is 0 Å². The highest BCUT2D eigenvalue weighted by Crippen LogP contribution is 2.23. The number of carbonyl (C=O) groups is 1. The van der Waals surface area contributed by atoms with Crippen LogP contribution in [0.1, 0.15) is 12.0 Å². The topological polar surface area (TPSA) is 110 Å². The number of carbonyl (C=O) groups excluding carboxylic acids is 1. The van der Waals surface area contributed by atoms with E-state index in [1.54, 1.807) is 0 Å². The van der Waals surface area contributed by atoms with Gasteiger partial charge in [-0.2, -0.15) is 9.36 Å². The van der Waals surface area contributed by atoms with Gasteiger partial charge in [-0.1, -0.05) is 42.1 Å². The van der Waals surface area contributed by atoms with E-state index in [1.807, 2.05) is 30.3 Å². The summed E-state index contributed by atoms with van der Waals surface area (Å²) in [7, 11) is 0. The molecular weight excluding hydrogens is 374 g/mol. The zero-order valence-electron chi connectivity index (χ0n) is 13.5. The van der Waals surface area contributed by atoms with Crippen molar-refractivity contribution in [3.8, 4) is 0 Å². The number of thioether (sulfide) groups is 1. The fourth-order valence-corrected chi connectivity index (χ4v) is 3.58. The van der Waals surface area contributed by atoms with Crippen molar-refractivity contribution in [2.45, 2.75) is 23.9 Å². The molecule has 2 heterocycles. The van der Waals surface area contributed by atoms with Crippen LogP contribution in [0.2, 0.25) is 0 Å². The number of aromatic amines is 1. The first-order valence-corrected chi connectivity index (χ1v) is 9.46. The predicted molar refractivity (Wildman–Crippen MR) is 100 cm³/mol. The van der Waals surface area contributed by atoms with Crippen LogP contribution in [-0.2, 0) is 17.1 Å². The molecule has 3 rings (SSSR count). The van der Waals surface area contributed by atoms with Crippen LogP contribution >= 0.6 is 23.3 Å². The summed E-state index contributed by atoms with van der Waals surface area (Å²) in [5.74, 6) is 0.437. The Morgan fingerprint density at radius 1 is 1.19 bits per heavy atom. The van der Waals surface area contributed by atoms with Gasteiger partial charge in [0.2, 0.25) is 16.2 Å². The zero-order valence-corrected chi connectivity index (χ0v) is 15.2. The Morgan fingerprint density at radius 2 is 2.00 bits per heavy atom. The van der Waals surface area contributed by atoms with E-state index in [9.17, 15) is 14.4 Å². The fourth-order valence-electron chi connectivity index (χ4n) is 2.07. The molecule has 0 aliphatic heterocycles. The summed E-state index contributed by atoms with van der Waals surface area (Å²) >= 11 is 2.59. The van der Waals surface area contributed by atoms with E-state index < -0.39 is 5.56 Å². The van der Waals surface area contributed by atoms with Gasteiger partial charge in [-0.05, 0) is 5.56 Å². The van der Waals surface area contributed by atoms with Crippen molar-refractivity contribution in [3.05, 3.63) is 68.7 Å². The second-order valence-corrected chi connectivity index (χ2v) is 6.95. The molecule has 134 valence electrons. The quantitative estimate of drug-likeness (QED) is 0.595. The molecule has 1 aromatic carbocycles. The van der Waals surface area contributed by atoms with Crippen molar-refractivity contribution >= 4 is 34.3 Å². The number of benzene rings is 1. The van der Waals surface area contributed by atoms with Gasteiger partial charge < -0.3 is 5.32 Å². The van der Waals surface area contributed by atoms with Crippen LogP contribution in [-0.4, -0.2) is 25.0 Å². The van der Waals surface area contributed by atoms with E-state index in [2.05, 4.69) is 19.8 Å². The molecule has 8 nitrogen and oxygen atoms in total. The Hall–Kier alpha value is -2.72. The highest BCUT2D eigenvalue weighted by molar-refractivity contribution is 7.98. The number of hydrogen-bond acceptors (Lipinski definition) is 7. The highest BCUT2D eigenvalue weighted by atomic mass is 32.2. The molecule has 0 fully saturated rings. The van der Waals surface area contributed by atoms with Crippen LogP contribution in [0.3, 0.4) is 0 Å². The number of nitrogens with one attached hydrogen (secondary N) is 2. The summed E-state index contributed by atoms with van der Waals surface area (Å²) in [5, 5.41) is 6.02. The third-order valence-electron chi connectivity index (χ3n) is 3.32. The largest absolute Gasteiger partial charge is 0.301 e. The van der Waals surface area contributed by atoms with Crippen molar-refractivity contribution in [1.82, 2.24) is 19.1 Å². The number of amides is 1. The van der Waals surface area contributed by atoms with Crippen LogP contribution in [0, 0.1) is 0 Å². The van der Waals surface area contributed by atoms with Crippen LogP contribution < -0.4 is 16.4 Å². The summed E-state index contributed by atoms with van der Waals surface area (Å²) in [6.45, 7) is 0.0785. The summed E-state index contributed by atoms with van der Waals surface area (Å²) in [6.07, 6.45) is 0.0337. The van der Waals surface area contributed by atoms with Crippen LogP contribution in [0.5, 0.6) is 0 Å². The molecule has 10 heteroatoms. The molecule has 0 saturated heterocycles. The van der Waals surface area contributed by atoms with E-state index in [-0.39, 0.29) is 24.4 Å². The lowest BCUT2D eigenvalue weighted by Crippen LogP contribution is -2.29. The molecule has 0 radical (unpaired) electrons. The first-order valence-electron chi connectivity index (χ1n) is 7.70. The first kappa shape index (κ1) is 18.1. The number of hydrogen-bond donors (Lipinski definition) is 2. The molecule has 0 atom stereocenters. The third-order valence-corrected chi connectivity index (χ3v) is 4.98. The molecule has 0 aliphatic carbocycles. The number of nitrogens with zero attached hydrogens (tertiary/aromatic N) is 3.